The number of halogens is 2. The van der Waals surface area contributed by atoms with E-state index in [9.17, 15) is 4.39 Å². The van der Waals surface area contributed by atoms with Crippen LogP contribution in [0.15, 0.2) is 18.2 Å². The zero-order chi connectivity index (χ0) is 10.1. The van der Waals surface area contributed by atoms with Crippen LogP contribution in [0.3, 0.4) is 0 Å². The second-order valence-corrected chi connectivity index (χ2v) is 3.46. The van der Waals surface area contributed by atoms with Gasteiger partial charge in [0, 0.05) is 5.02 Å². The van der Waals surface area contributed by atoms with Crippen molar-refractivity contribution in [2.45, 2.75) is 0 Å². The van der Waals surface area contributed by atoms with Crippen LogP contribution in [0.1, 0.15) is 0 Å². The molecule has 2 rings (SSSR count). The third-order valence-corrected chi connectivity index (χ3v) is 2.11. The van der Waals surface area contributed by atoms with Crippen molar-refractivity contribution in [3.8, 4) is 11.4 Å². The van der Waals surface area contributed by atoms with Gasteiger partial charge in [-0.25, -0.2) is 4.39 Å². The number of nitrogens with one attached hydrogen (secondary N) is 2. The molecule has 0 aliphatic rings. The third kappa shape index (κ3) is 1.69. The van der Waals surface area contributed by atoms with Crippen LogP contribution in [-0.4, -0.2) is 15.2 Å². The van der Waals surface area contributed by atoms with Crippen LogP contribution in [-0.2, 0) is 0 Å². The molecule has 0 fully saturated rings. The first-order chi connectivity index (χ1) is 6.66. The molecule has 3 nitrogen and oxygen atoms in total. The summed E-state index contributed by atoms with van der Waals surface area (Å²) < 4.78 is 13.6. The lowest BCUT2D eigenvalue weighted by Crippen LogP contribution is -1.86. The lowest BCUT2D eigenvalue weighted by molar-refractivity contribution is 0.630. The van der Waals surface area contributed by atoms with Crippen LogP contribution < -0.4 is 0 Å². The SMILES string of the molecule is Fc1ccc(Cl)cc1-c1nc(=S)[nH][nH]1. The summed E-state index contributed by atoms with van der Waals surface area (Å²) >= 11 is 10.5. The van der Waals surface area contributed by atoms with E-state index >= 15 is 0 Å². The zero-order valence-corrected chi connectivity index (χ0v) is 8.42. The van der Waals surface area contributed by atoms with Gasteiger partial charge in [0.2, 0.25) is 4.77 Å². The van der Waals surface area contributed by atoms with Crippen molar-refractivity contribution in [2.75, 3.05) is 0 Å². The van der Waals surface area contributed by atoms with E-state index in [1.54, 1.807) is 0 Å². The normalized spacial score (nSPS) is 10.4. The van der Waals surface area contributed by atoms with E-state index in [4.69, 9.17) is 23.8 Å². The van der Waals surface area contributed by atoms with Gasteiger partial charge in [0.05, 0.1) is 5.56 Å². The maximum Gasteiger partial charge on any atom is 0.213 e. The van der Waals surface area contributed by atoms with E-state index in [0.29, 0.717) is 16.4 Å². The van der Waals surface area contributed by atoms with Gasteiger partial charge in [-0.2, -0.15) is 4.98 Å². The molecule has 0 unspecified atom stereocenters. The molecule has 0 atom stereocenters. The lowest BCUT2D eigenvalue weighted by Gasteiger charge is -1.98. The van der Waals surface area contributed by atoms with Crippen LogP contribution in [0.4, 0.5) is 4.39 Å². The summed E-state index contributed by atoms with van der Waals surface area (Å²) in [7, 11) is 0. The fourth-order valence-electron chi connectivity index (χ4n) is 1.08. The van der Waals surface area contributed by atoms with Crippen LogP contribution in [0.25, 0.3) is 11.4 Å². The molecule has 0 saturated carbocycles. The maximum absolute atomic E-state index is 13.3. The van der Waals surface area contributed by atoms with Crippen molar-refractivity contribution in [3.05, 3.63) is 33.8 Å². The van der Waals surface area contributed by atoms with Crippen molar-refractivity contribution in [3.63, 3.8) is 0 Å². The van der Waals surface area contributed by atoms with E-state index in [-0.39, 0.29) is 4.77 Å². The second kappa shape index (κ2) is 3.51. The third-order valence-electron chi connectivity index (χ3n) is 1.68. The number of hydrogen-bond donors (Lipinski definition) is 2. The van der Waals surface area contributed by atoms with Crippen LogP contribution in [0, 0.1) is 10.6 Å². The van der Waals surface area contributed by atoms with E-state index in [2.05, 4.69) is 15.2 Å². The van der Waals surface area contributed by atoms with Gasteiger partial charge < -0.3 is 0 Å². The van der Waals surface area contributed by atoms with E-state index < -0.39 is 5.82 Å². The van der Waals surface area contributed by atoms with Crippen molar-refractivity contribution in [1.82, 2.24) is 15.2 Å². The number of aromatic amines is 2. The molecule has 0 aliphatic heterocycles. The number of rotatable bonds is 1. The highest BCUT2D eigenvalue weighted by atomic mass is 35.5. The number of H-pyrrole nitrogens is 2. The first kappa shape index (κ1) is 9.36. The van der Waals surface area contributed by atoms with Gasteiger partial charge in [0.25, 0.3) is 0 Å². The molecule has 1 aromatic carbocycles. The van der Waals surface area contributed by atoms with Gasteiger partial charge >= 0.3 is 0 Å². The Bertz CT molecular complexity index is 519. The fraction of sp³-hybridized carbons (Fsp3) is 0. The Labute approximate surface area is 88.9 Å². The molecule has 0 saturated heterocycles. The standard InChI is InChI=1S/C8H5ClFN3S/c9-4-1-2-6(10)5(3-4)7-11-8(14)13-12-7/h1-3H,(H2,11,12,13,14). The molecule has 6 heteroatoms. The Morgan fingerprint density at radius 3 is 2.79 bits per heavy atom. The molecule has 14 heavy (non-hydrogen) atoms. The lowest BCUT2D eigenvalue weighted by atomic mass is 10.2. The zero-order valence-electron chi connectivity index (χ0n) is 6.84. The van der Waals surface area contributed by atoms with Crippen LogP contribution in [0.2, 0.25) is 5.02 Å². The average Bonchev–Trinajstić information content (AvgIpc) is 2.56. The van der Waals surface area contributed by atoms with Gasteiger partial charge in [0.15, 0.2) is 5.82 Å². The molecule has 0 aliphatic carbocycles. The van der Waals surface area contributed by atoms with Crippen molar-refractivity contribution in [2.24, 2.45) is 0 Å². The summed E-state index contributed by atoms with van der Waals surface area (Å²) in [5, 5.41) is 5.68. The highest BCUT2D eigenvalue weighted by Gasteiger charge is 2.08. The maximum atomic E-state index is 13.3. The summed E-state index contributed by atoms with van der Waals surface area (Å²) in [6.45, 7) is 0. The first-order valence-corrected chi connectivity index (χ1v) is 4.55. The number of aromatic nitrogens is 3. The molecule has 0 spiro atoms. The van der Waals surface area contributed by atoms with Crippen LogP contribution >= 0.6 is 23.8 Å². The van der Waals surface area contributed by atoms with Gasteiger partial charge in [-0.1, -0.05) is 11.6 Å². The fourth-order valence-corrected chi connectivity index (χ4v) is 1.39. The Hall–Kier alpha value is -1.20. The Balaban J connectivity index is 2.61. The summed E-state index contributed by atoms with van der Waals surface area (Å²) in [6, 6.07) is 4.24. The molecule has 72 valence electrons. The average molecular weight is 230 g/mol. The number of benzene rings is 1. The van der Waals surface area contributed by atoms with Gasteiger partial charge in [0.1, 0.15) is 5.82 Å². The van der Waals surface area contributed by atoms with Crippen molar-refractivity contribution in [1.29, 1.82) is 0 Å². The molecule has 1 heterocycles. The molecule has 0 bridgehead atoms. The summed E-state index contributed by atoms with van der Waals surface area (Å²) in [5.74, 6) is -0.0536. The smallest absolute Gasteiger partial charge is 0.213 e. The topological polar surface area (TPSA) is 44.5 Å². The number of hydrogen-bond acceptors (Lipinski definition) is 2. The highest BCUT2D eigenvalue weighted by Crippen LogP contribution is 2.22. The van der Waals surface area contributed by atoms with Crippen LogP contribution in [0.5, 0.6) is 0 Å². The molecular weight excluding hydrogens is 225 g/mol. The van der Waals surface area contributed by atoms with Gasteiger partial charge in [-0.3, -0.25) is 10.2 Å². The second-order valence-electron chi connectivity index (χ2n) is 2.64. The molecule has 0 radical (unpaired) electrons. The van der Waals surface area contributed by atoms with Crippen molar-refractivity contribution >= 4 is 23.8 Å². The van der Waals surface area contributed by atoms with E-state index in [0.717, 1.165) is 0 Å². The predicted octanol–water partition coefficient (Wildman–Crippen LogP) is 2.93. The van der Waals surface area contributed by atoms with Gasteiger partial charge in [-0.15, -0.1) is 0 Å². The quantitative estimate of drug-likeness (QED) is 0.739. The number of nitrogens with zero attached hydrogens (tertiary/aromatic N) is 1. The summed E-state index contributed by atoms with van der Waals surface area (Å²) in [6.07, 6.45) is 0. The van der Waals surface area contributed by atoms with E-state index in [1.165, 1.54) is 18.2 Å². The monoisotopic (exact) mass is 229 g/mol. The largest absolute Gasteiger partial charge is 0.282 e. The molecule has 1 aromatic heterocycles. The highest BCUT2D eigenvalue weighted by molar-refractivity contribution is 7.71. The molecule has 2 aromatic rings. The van der Waals surface area contributed by atoms with Crippen molar-refractivity contribution < 1.29 is 4.39 Å². The molecular formula is C8H5ClFN3S. The molecule has 0 amide bonds. The first-order valence-electron chi connectivity index (χ1n) is 3.77. The Morgan fingerprint density at radius 1 is 1.36 bits per heavy atom. The Kier molecular flexibility index (Phi) is 2.35. The molecule has 2 N–H and O–H groups in total. The summed E-state index contributed by atoms with van der Waals surface area (Å²) in [4.78, 5) is 3.89. The minimum Gasteiger partial charge on any atom is -0.282 e. The Morgan fingerprint density at radius 2 is 2.14 bits per heavy atom. The minimum absolute atomic E-state index is 0.277. The van der Waals surface area contributed by atoms with E-state index in [1.807, 2.05) is 0 Å². The van der Waals surface area contributed by atoms with Gasteiger partial charge in [-0.05, 0) is 30.4 Å². The summed E-state index contributed by atoms with van der Waals surface area (Å²) in [5.41, 5.74) is 0.296. The predicted molar refractivity (Wildman–Crippen MR) is 54.2 cm³/mol. The minimum atomic E-state index is -0.396.